The second kappa shape index (κ2) is 8.18. The van der Waals surface area contributed by atoms with E-state index in [1.54, 1.807) is 32.0 Å². The molecule has 0 bridgehead atoms. The van der Waals surface area contributed by atoms with Gasteiger partial charge in [-0.25, -0.2) is 20.2 Å². The molecule has 34 heavy (non-hydrogen) atoms. The maximum atomic E-state index is 12.9. The zero-order chi connectivity index (χ0) is 24.1. The average Bonchev–Trinajstić information content (AvgIpc) is 3.44. The van der Waals surface area contributed by atoms with Crippen LogP contribution in [0, 0.1) is 6.92 Å². The molecule has 0 saturated carbocycles. The normalized spacial score (nSPS) is 16.0. The Balaban J connectivity index is 1.47. The number of anilines is 1. The second-order valence-electron chi connectivity index (χ2n) is 8.42. The van der Waals surface area contributed by atoms with Crippen LogP contribution in [0.25, 0.3) is 16.2 Å². The highest BCUT2D eigenvalue weighted by atomic mass is 32.1. The van der Waals surface area contributed by atoms with Crippen molar-refractivity contribution in [3.63, 3.8) is 0 Å². The van der Waals surface area contributed by atoms with Crippen LogP contribution >= 0.6 is 11.5 Å². The Labute approximate surface area is 197 Å². The number of carboxylic acid groups (broad SMARTS) is 1. The number of carboxylic acids is 1. The van der Waals surface area contributed by atoms with Crippen molar-refractivity contribution in [3.8, 4) is 5.13 Å². The molecule has 2 N–H and O–H groups in total. The van der Waals surface area contributed by atoms with Crippen LogP contribution in [0.4, 0.5) is 5.82 Å². The molecular weight excluding hydrogens is 460 g/mol. The first-order chi connectivity index (χ1) is 16.2. The standard InChI is InChI=1S/C21H22N8O4S/c1-11-4-15(27-7-13(8-27)29-6-12(5-23-29)19(31)26(2)3)25-18-16(11)17(30)14(20(32)33)9-28(18)21-22-10-24-34-21/h4,6,9-10,13,23H,5,7-8H2,1-3H3,(H,32,33). The fourth-order valence-electron chi connectivity index (χ4n) is 4.12. The van der Waals surface area contributed by atoms with E-state index in [1.165, 1.54) is 17.1 Å². The number of nitrogens with zero attached hydrogens (tertiary/aromatic N) is 7. The number of aryl methyl sites for hydroxylation is 1. The predicted molar refractivity (Wildman–Crippen MR) is 125 cm³/mol. The Morgan fingerprint density at radius 1 is 1.29 bits per heavy atom. The Kier molecular flexibility index (Phi) is 5.29. The fourth-order valence-corrected chi connectivity index (χ4v) is 4.63. The lowest BCUT2D eigenvalue weighted by Crippen LogP contribution is -2.60. The smallest absolute Gasteiger partial charge is 0.341 e. The van der Waals surface area contributed by atoms with Gasteiger partial charge in [0.1, 0.15) is 17.7 Å². The molecule has 0 atom stereocenters. The largest absolute Gasteiger partial charge is 0.477 e. The van der Waals surface area contributed by atoms with Crippen LogP contribution in [-0.2, 0) is 4.79 Å². The summed E-state index contributed by atoms with van der Waals surface area (Å²) in [7, 11) is 3.46. The monoisotopic (exact) mass is 482 g/mol. The van der Waals surface area contributed by atoms with E-state index in [0.29, 0.717) is 47.4 Å². The van der Waals surface area contributed by atoms with Gasteiger partial charge in [0, 0.05) is 57.7 Å². The summed E-state index contributed by atoms with van der Waals surface area (Å²) >= 11 is 1.08. The van der Waals surface area contributed by atoms with Crippen molar-refractivity contribution in [1.29, 1.82) is 0 Å². The van der Waals surface area contributed by atoms with Gasteiger partial charge in [0.2, 0.25) is 10.6 Å². The molecule has 13 heteroatoms. The van der Waals surface area contributed by atoms with Crippen molar-refractivity contribution in [3.05, 3.63) is 51.7 Å². The topological polar surface area (TPSA) is 137 Å². The number of amides is 1. The Morgan fingerprint density at radius 2 is 2.06 bits per heavy atom. The minimum atomic E-state index is -1.31. The molecule has 0 aliphatic carbocycles. The van der Waals surface area contributed by atoms with Crippen molar-refractivity contribution in [2.45, 2.75) is 13.0 Å². The van der Waals surface area contributed by atoms with Crippen molar-refractivity contribution >= 4 is 40.3 Å². The quantitative estimate of drug-likeness (QED) is 0.520. The molecule has 0 aromatic carbocycles. The van der Waals surface area contributed by atoms with Gasteiger partial charge in [-0.2, -0.15) is 4.37 Å². The molecule has 176 valence electrons. The van der Waals surface area contributed by atoms with Gasteiger partial charge in [-0.15, -0.1) is 0 Å². The number of hydrogen-bond acceptors (Lipinski definition) is 10. The number of carbonyl (C=O) groups is 2. The summed E-state index contributed by atoms with van der Waals surface area (Å²) in [6, 6.07) is 1.95. The van der Waals surface area contributed by atoms with Gasteiger partial charge in [0.15, 0.2) is 5.65 Å². The van der Waals surface area contributed by atoms with E-state index in [2.05, 4.69) is 19.7 Å². The molecule has 0 unspecified atom stereocenters. The first-order valence-electron chi connectivity index (χ1n) is 10.5. The molecule has 1 amide bonds. The third-order valence-corrected chi connectivity index (χ3v) is 6.60. The van der Waals surface area contributed by atoms with Gasteiger partial charge in [-0.3, -0.25) is 14.2 Å². The molecular formula is C21H22N8O4S. The molecule has 2 aliphatic rings. The van der Waals surface area contributed by atoms with Crippen LogP contribution in [0.2, 0.25) is 0 Å². The van der Waals surface area contributed by atoms with E-state index in [4.69, 9.17) is 4.98 Å². The number of aromatic nitrogens is 4. The number of likely N-dealkylation sites (N-methyl/N-ethyl adjacent to an activating group) is 1. The van der Waals surface area contributed by atoms with Crippen LogP contribution in [-0.4, -0.2) is 85.6 Å². The molecule has 3 aromatic heterocycles. The van der Waals surface area contributed by atoms with Crippen LogP contribution in [0.5, 0.6) is 0 Å². The van der Waals surface area contributed by atoms with Crippen molar-refractivity contribution < 1.29 is 14.7 Å². The summed E-state index contributed by atoms with van der Waals surface area (Å²) in [5.74, 6) is -0.652. The van der Waals surface area contributed by atoms with Crippen LogP contribution in [0.15, 0.2) is 35.2 Å². The molecule has 1 fully saturated rings. The van der Waals surface area contributed by atoms with Gasteiger partial charge in [-0.1, -0.05) is 0 Å². The van der Waals surface area contributed by atoms with Crippen LogP contribution < -0.4 is 15.8 Å². The third-order valence-electron chi connectivity index (χ3n) is 5.94. The second-order valence-corrected chi connectivity index (χ2v) is 9.18. The number of rotatable bonds is 5. The summed E-state index contributed by atoms with van der Waals surface area (Å²) in [5, 5.41) is 12.1. The maximum absolute atomic E-state index is 12.9. The highest BCUT2D eigenvalue weighted by molar-refractivity contribution is 7.08. The highest BCUT2D eigenvalue weighted by Gasteiger charge is 2.35. The van der Waals surface area contributed by atoms with Crippen LogP contribution in [0.3, 0.4) is 0 Å². The summed E-state index contributed by atoms with van der Waals surface area (Å²) in [6.45, 7) is 3.59. The molecule has 2 aliphatic heterocycles. The lowest BCUT2D eigenvalue weighted by Gasteiger charge is -2.44. The summed E-state index contributed by atoms with van der Waals surface area (Å²) < 4.78 is 5.50. The fraction of sp³-hybridized carbons (Fsp3) is 0.333. The van der Waals surface area contributed by atoms with Gasteiger partial charge in [0.05, 0.1) is 17.0 Å². The minimum Gasteiger partial charge on any atom is -0.477 e. The first-order valence-corrected chi connectivity index (χ1v) is 11.3. The Bertz CT molecular complexity index is 1390. The van der Waals surface area contributed by atoms with Gasteiger partial charge < -0.3 is 19.9 Å². The third kappa shape index (κ3) is 3.58. The predicted octanol–water partition coefficient (Wildman–Crippen LogP) is 0.225. The van der Waals surface area contributed by atoms with E-state index < -0.39 is 11.4 Å². The maximum Gasteiger partial charge on any atom is 0.341 e. The summed E-state index contributed by atoms with van der Waals surface area (Å²) in [5.41, 5.74) is 3.99. The van der Waals surface area contributed by atoms with E-state index in [9.17, 15) is 19.5 Å². The Morgan fingerprint density at radius 3 is 2.71 bits per heavy atom. The molecule has 0 radical (unpaired) electrons. The molecule has 12 nitrogen and oxygen atoms in total. The van der Waals surface area contributed by atoms with E-state index in [1.807, 2.05) is 11.2 Å². The number of nitrogens with one attached hydrogen (secondary N) is 1. The minimum absolute atomic E-state index is 0.0200. The van der Waals surface area contributed by atoms with Gasteiger partial charge in [0.25, 0.3) is 5.91 Å². The Hall–Kier alpha value is -3.84. The van der Waals surface area contributed by atoms with Gasteiger partial charge in [-0.05, 0) is 18.6 Å². The van der Waals surface area contributed by atoms with Crippen molar-refractivity contribution in [2.24, 2.45) is 0 Å². The number of carbonyl (C=O) groups excluding carboxylic acids is 1. The number of hydrogen-bond donors (Lipinski definition) is 2. The summed E-state index contributed by atoms with van der Waals surface area (Å²) in [4.78, 5) is 49.3. The lowest BCUT2D eigenvalue weighted by atomic mass is 10.1. The lowest BCUT2D eigenvalue weighted by molar-refractivity contribution is -0.124. The molecule has 5 heterocycles. The first kappa shape index (κ1) is 22.0. The van der Waals surface area contributed by atoms with E-state index in [0.717, 1.165) is 11.5 Å². The SMILES string of the molecule is Cc1cc(N2CC(N3C=C(C(=O)N(C)C)CN3)C2)nc2c1c(=O)c(C(=O)O)cn2-c1ncns1. The average molecular weight is 483 g/mol. The zero-order valence-electron chi connectivity index (χ0n) is 18.7. The zero-order valence-corrected chi connectivity index (χ0v) is 19.5. The molecule has 3 aromatic rings. The number of hydrazine groups is 1. The number of pyridine rings is 2. The molecule has 1 saturated heterocycles. The number of fused-ring (bicyclic) bond motifs is 1. The van der Waals surface area contributed by atoms with Crippen molar-refractivity contribution in [2.75, 3.05) is 38.6 Å². The van der Waals surface area contributed by atoms with Crippen LogP contribution in [0.1, 0.15) is 15.9 Å². The van der Waals surface area contributed by atoms with E-state index >= 15 is 0 Å². The van der Waals surface area contributed by atoms with E-state index in [-0.39, 0.29) is 22.9 Å². The van der Waals surface area contributed by atoms with Crippen molar-refractivity contribution in [1.82, 2.24) is 34.2 Å². The highest BCUT2D eigenvalue weighted by Crippen LogP contribution is 2.28. The molecule has 0 spiro atoms. The molecule has 5 rings (SSSR count). The van der Waals surface area contributed by atoms with Gasteiger partial charge >= 0.3 is 5.97 Å². The number of aromatic carboxylic acids is 1. The summed E-state index contributed by atoms with van der Waals surface area (Å²) in [6.07, 6.45) is 4.47.